The summed E-state index contributed by atoms with van der Waals surface area (Å²) >= 11 is 19.2. The number of carboxylic acid groups (broad SMARTS) is 2. The van der Waals surface area contributed by atoms with Gasteiger partial charge in [-0.2, -0.15) is 0 Å². The minimum Gasteiger partial charge on any atom is -0.494 e. The van der Waals surface area contributed by atoms with Gasteiger partial charge in [0.2, 0.25) is 0 Å². The summed E-state index contributed by atoms with van der Waals surface area (Å²) in [4.78, 5) is 42.4. The number of anilines is 2. The summed E-state index contributed by atoms with van der Waals surface area (Å²) < 4.78 is 26.8. The second kappa shape index (κ2) is 24.2. The Hall–Kier alpha value is -4.03. The highest BCUT2D eigenvalue weighted by Crippen LogP contribution is 2.37. The zero-order chi connectivity index (χ0) is 47.6. The fourth-order valence-electron chi connectivity index (χ4n) is 10.2. The molecule has 68 heavy (non-hydrogen) atoms. The van der Waals surface area contributed by atoms with E-state index in [2.05, 4.69) is 40.5 Å². The van der Waals surface area contributed by atoms with Crippen molar-refractivity contribution in [3.05, 3.63) is 104 Å². The van der Waals surface area contributed by atoms with Crippen LogP contribution < -0.4 is 19.3 Å². The van der Waals surface area contributed by atoms with Gasteiger partial charge in [-0.25, -0.2) is 14.4 Å². The summed E-state index contributed by atoms with van der Waals surface area (Å²) in [6, 6.07) is 18.0. The molecule has 12 nitrogen and oxygen atoms in total. The first kappa shape index (κ1) is 50.4. The minimum absolute atomic E-state index is 0.0563. The number of ether oxygens (including phenoxy) is 2. The molecule has 364 valence electrons. The van der Waals surface area contributed by atoms with Crippen LogP contribution in [0.2, 0.25) is 10.0 Å². The van der Waals surface area contributed by atoms with Crippen molar-refractivity contribution in [1.29, 1.82) is 0 Å². The number of benzene rings is 3. The Morgan fingerprint density at radius 1 is 0.691 bits per heavy atom. The molecule has 18 heteroatoms. The number of likely N-dealkylation sites (tertiary alicyclic amines) is 2. The lowest BCUT2D eigenvalue weighted by atomic mass is 9.88. The molecule has 3 aromatic carbocycles. The van der Waals surface area contributed by atoms with Crippen LogP contribution in [0.25, 0.3) is 10.4 Å². The van der Waals surface area contributed by atoms with E-state index >= 15 is 0 Å². The maximum atomic E-state index is 13.7. The number of thiazole rings is 2. The van der Waals surface area contributed by atoms with Gasteiger partial charge in [0.15, 0.2) is 10.3 Å². The lowest BCUT2D eigenvalue weighted by molar-refractivity contribution is -0.137. The highest BCUT2D eigenvalue weighted by atomic mass is 79.9. The number of carbonyl (C=O) groups is 2. The van der Waals surface area contributed by atoms with Gasteiger partial charge in [-0.05, 0) is 171 Å². The molecule has 6 heterocycles. The van der Waals surface area contributed by atoms with Crippen molar-refractivity contribution in [3.63, 3.8) is 0 Å². The van der Waals surface area contributed by atoms with Crippen LogP contribution in [0.3, 0.4) is 0 Å². The van der Waals surface area contributed by atoms with E-state index in [1.807, 2.05) is 18.5 Å². The van der Waals surface area contributed by atoms with Gasteiger partial charge in [-0.15, -0.1) is 0 Å². The average Bonchev–Trinajstić information content (AvgIpc) is 4.16. The van der Waals surface area contributed by atoms with Crippen molar-refractivity contribution in [1.82, 2.24) is 19.8 Å². The molecule has 0 amide bonds. The summed E-state index contributed by atoms with van der Waals surface area (Å²) in [6.07, 6.45) is 12.7. The summed E-state index contributed by atoms with van der Waals surface area (Å²) in [7, 11) is 0. The number of hydrogen-bond acceptors (Lipinski definition) is 12. The third-order valence-electron chi connectivity index (χ3n) is 13.4. The van der Waals surface area contributed by atoms with Gasteiger partial charge in [0.25, 0.3) is 0 Å². The Kier molecular flexibility index (Phi) is 17.9. The van der Waals surface area contributed by atoms with E-state index in [9.17, 15) is 14.0 Å². The predicted octanol–water partition coefficient (Wildman–Crippen LogP) is 10.9. The van der Waals surface area contributed by atoms with Crippen LogP contribution in [0.1, 0.15) is 62.5 Å². The Morgan fingerprint density at radius 3 is 1.66 bits per heavy atom. The Balaban J connectivity index is 0.000000187. The van der Waals surface area contributed by atoms with Crippen LogP contribution in [-0.2, 0) is 22.4 Å². The van der Waals surface area contributed by atoms with E-state index in [4.69, 9.17) is 47.9 Å². The number of halogens is 4. The first-order valence-electron chi connectivity index (χ1n) is 23.5. The number of piperidine rings is 2. The molecule has 4 fully saturated rings. The van der Waals surface area contributed by atoms with Gasteiger partial charge < -0.3 is 29.5 Å². The summed E-state index contributed by atoms with van der Waals surface area (Å²) in [6.45, 7) is 9.59. The fourth-order valence-corrected chi connectivity index (χ4v) is 12.8. The lowest BCUT2D eigenvalue weighted by Gasteiger charge is -2.43. The third-order valence-corrected chi connectivity index (χ3v) is 16.4. The van der Waals surface area contributed by atoms with Crippen molar-refractivity contribution in [3.8, 4) is 21.9 Å². The van der Waals surface area contributed by atoms with E-state index < -0.39 is 11.9 Å². The van der Waals surface area contributed by atoms with Crippen LogP contribution >= 0.6 is 61.8 Å². The van der Waals surface area contributed by atoms with Gasteiger partial charge in [0.1, 0.15) is 17.3 Å². The molecule has 2 aromatic heterocycles. The number of nitrogens with zero attached hydrogens (tertiary/aromatic N) is 6. The zero-order valence-electron chi connectivity index (χ0n) is 37.9. The van der Waals surface area contributed by atoms with E-state index in [-0.39, 0.29) is 18.7 Å². The van der Waals surface area contributed by atoms with Crippen molar-refractivity contribution in [2.24, 2.45) is 11.8 Å². The molecule has 4 saturated heterocycles. The molecule has 0 aliphatic carbocycles. The van der Waals surface area contributed by atoms with Crippen LogP contribution in [0.5, 0.6) is 11.5 Å². The molecular formula is C50H58BrCl2FN6O6S2. The van der Waals surface area contributed by atoms with Crippen LogP contribution in [0, 0.1) is 17.7 Å². The Labute approximate surface area is 424 Å². The van der Waals surface area contributed by atoms with E-state index in [0.29, 0.717) is 69.8 Å². The number of carboxylic acids is 2. The smallest absolute Gasteiger partial charge is 0.307 e. The number of rotatable bonds is 17. The molecule has 5 aromatic rings. The molecule has 0 spiro atoms. The minimum atomic E-state index is -0.892. The molecule has 0 radical (unpaired) electrons. The van der Waals surface area contributed by atoms with Gasteiger partial charge in [-0.3, -0.25) is 19.4 Å². The Bertz CT molecular complexity index is 2470. The first-order valence-corrected chi connectivity index (χ1v) is 26.7. The number of aliphatic carboxylic acids is 2. The Morgan fingerprint density at radius 2 is 1.19 bits per heavy atom. The average molecular weight is 1070 g/mol. The van der Waals surface area contributed by atoms with Gasteiger partial charge in [-0.1, -0.05) is 58.0 Å². The van der Waals surface area contributed by atoms with Crippen LogP contribution in [0.15, 0.2) is 76.8 Å². The van der Waals surface area contributed by atoms with E-state index in [1.165, 1.54) is 44.8 Å². The third kappa shape index (κ3) is 14.1. The maximum absolute atomic E-state index is 13.7. The topological polar surface area (TPSA) is 132 Å². The molecule has 2 N–H and O–H groups in total. The van der Waals surface area contributed by atoms with E-state index in [1.54, 1.807) is 71.2 Å². The quantitative estimate of drug-likeness (QED) is 0.0919. The summed E-state index contributed by atoms with van der Waals surface area (Å²) in [5, 5.41) is 21.2. The fraction of sp³-hybridized carbons (Fsp3) is 0.480. The standard InChI is InChI=1S/C28H31ClFN3O3S.C22H27BrClN3O3S/c29-22-12-19(14-27(34)35)13-24(16-22)36-11-7-20-6-10-33(18-25(20)32-8-1-2-9-32)28-31-17-26(37-28)21-4-3-5-23(30)15-21;23-20-13-25-22(31-20)27-7-3-16(19(14-27)26-5-1-2-6-26)4-8-30-18-10-15(11-21(28)29)9-17(24)12-18/h3-5,12-13,15-17,20,25H,1-2,6-11,14,18H2,(H,34,35);9-10,12-13,16,19H,1-8,11,14H2,(H,28,29). The molecule has 0 saturated carbocycles. The lowest BCUT2D eigenvalue weighted by Crippen LogP contribution is -2.52. The summed E-state index contributed by atoms with van der Waals surface area (Å²) in [5.74, 6) is 0.320. The molecular weight excluding hydrogens is 1010 g/mol. The monoisotopic (exact) mass is 1070 g/mol. The second-order valence-electron chi connectivity index (χ2n) is 18.1. The molecule has 4 unspecified atom stereocenters. The van der Waals surface area contributed by atoms with Crippen LogP contribution in [-0.4, -0.2) is 120 Å². The van der Waals surface area contributed by atoms with Crippen molar-refractivity contribution in [2.75, 3.05) is 75.4 Å². The van der Waals surface area contributed by atoms with E-state index in [0.717, 1.165) is 89.4 Å². The molecule has 4 aliphatic rings. The maximum Gasteiger partial charge on any atom is 0.307 e. The normalized spacial score (nSPS) is 21.1. The second-order valence-corrected chi connectivity index (χ2v) is 22.4. The van der Waals surface area contributed by atoms with Crippen molar-refractivity contribution >= 4 is 84.0 Å². The van der Waals surface area contributed by atoms with Gasteiger partial charge >= 0.3 is 11.9 Å². The highest BCUT2D eigenvalue weighted by Gasteiger charge is 2.37. The summed E-state index contributed by atoms with van der Waals surface area (Å²) in [5.41, 5.74) is 2.16. The largest absolute Gasteiger partial charge is 0.494 e. The number of hydrogen-bond donors (Lipinski definition) is 2. The predicted molar refractivity (Wildman–Crippen MR) is 273 cm³/mol. The highest BCUT2D eigenvalue weighted by molar-refractivity contribution is 9.11. The van der Waals surface area contributed by atoms with Gasteiger partial charge in [0, 0.05) is 54.5 Å². The van der Waals surface area contributed by atoms with Crippen LogP contribution in [0.4, 0.5) is 14.7 Å². The molecule has 9 rings (SSSR count). The van der Waals surface area contributed by atoms with Crippen molar-refractivity contribution in [2.45, 2.75) is 76.3 Å². The zero-order valence-corrected chi connectivity index (χ0v) is 42.6. The van der Waals surface area contributed by atoms with Crippen molar-refractivity contribution < 1.29 is 33.7 Å². The number of aromatic nitrogens is 2. The SMILES string of the molecule is O=C(O)Cc1cc(Cl)cc(OCCC2CCN(c3ncc(-c4cccc(F)c4)s3)CC2N2CCCC2)c1.O=C(O)Cc1cc(Cl)cc(OCCC2CCN(c3ncc(Br)s3)CC2N2CCCC2)c1. The van der Waals surface area contributed by atoms with Gasteiger partial charge in [0.05, 0.1) is 40.9 Å². The molecule has 0 bridgehead atoms. The molecule has 4 atom stereocenters. The first-order chi connectivity index (χ1) is 32.9. The molecule has 4 aliphatic heterocycles.